The molecule has 2 aromatic carbocycles. The first-order valence-corrected chi connectivity index (χ1v) is 10.5. The molecule has 1 heterocycles. The third kappa shape index (κ3) is 4.23. The van der Waals surface area contributed by atoms with Crippen LogP contribution in [-0.2, 0) is 4.79 Å². The monoisotopic (exact) mass is 415 g/mol. The third-order valence-electron chi connectivity index (χ3n) is 4.58. The molecule has 1 unspecified atom stereocenters. The number of thioether (sulfide) groups is 1. The topological polar surface area (TPSA) is 64.0 Å². The zero-order valence-electron chi connectivity index (χ0n) is 16.0. The van der Waals surface area contributed by atoms with E-state index in [4.69, 9.17) is 11.6 Å². The Bertz CT molecular complexity index is 1080. The molecule has 7 heteroatoms. The summed E-state index contributed by atoms with van der Waals surface area (Å²) in [6, 6.07) is 12.7. The average molecular weight is 416 g/mol. The van der Waals surface area contributed by atoms with E-state index in [-0.39, 0.29) is 23.3 Å². The van der Waals surface area contributed by atoms with E-state index in [9.17, 15) is 9.59 Å². The smallest absolute Gasteiger partial charge is 0.266 e. The van der Waals surface area contributed by atoms with Gasteiger partial charge in [0.05, 0.1) is 22.3 Å². The van der Waals surface area contributed by atoms with E-state index in [1.807, 2.05) is 39.0 Å². The lowest BCUT2D eigenvalue weighted by Crippen LogP contribution is -2.33. The molecule has 1 aromatic heterocycles. The minimum Gasteiger partial charge on any atom is -0.353 e. The lowest BCUT2D eigenvalue weighted by molar-refractivity contribution is -0.119. The molecule has 0 spiro atoms. The number of fused-ring (bicyclic) bond motifs is 1. The van der Waals surface area contributed by atoms with Crippen LogP contribution in [0, 0.1) is 6.92 Å². The number of nitrogens with zero attached hydrogens (tertiary/aromatic N) is 2. The molecule has 1 atom stereocenters. The van der Waals surface area contributed by atoms with Crippen LogP contribution in [0.1, 0.15) is 25.8 Å². The molecule has 0 saturated carbocycles. The van der Waals surface area contributed by atoms with Crippen molar-refractivity contribution in [2.75, 3.05) is 5.75 Å². The van der Waals surface area contributed by atoms with Crippen molar-refractivity contribution in [1.29, 1.82) is 0 Å². The maximum absolute atomic E-state index is 13.2. The average Bonchev–Trinajstić information content (AvgIpc) is 2.69. The number of nitrogens with one attached hydrogen (secondary N) is 1. The molecule has 0 saturated heterocycles. The summed E-state index contributed by atoms with van der Waals surface area (Å²) in [5.41, 5.74) is 1.88. The number of hydrogen-bond donors (Lipinski definition) is 1. The minimum absolute atomic E-state index is 0.0869. The first-order chi connectivity index (χ1) is 13.4. The van der Waals surface area contributed by atoms with Crippen LogP contribution in [0.25, 0.3) is 16.6 Å². The quantitative estimate of drug-likeness (QED) is 0.480. The number of carbonyl (C=O) groups is 1. The summed E-state index contributed by atoms with van der Waals surface area (Å²) in [5.74, 6) is 0.0884. The summed E-state index contributed by atoms with van der Waals surface area (Å²) in [7, 11) is 0. The number of rotatable bonds is 6. The Balaban J connectivity index is 2.09. The maximum Gasteiger partial charge on any atom is 0.266 e. The van der Waals surface area contributed by atoms with Crippen LogP contribution < -0.4 is 10.9 Å². The summed E-state index contributed by atoms with van der Waals surface area (Å²) < 4.78 is 1.55. The van der Waals surface area contributed by atoms with Gasteiger partial charge in [0, 0.05) is 11.1 Å². The Kier molecular flexibility index (Phi) is 6.42. The SMILES string of the molecule is CCC(C)NC(=O)CSc1nc2ccccc2c(=O)n1-c1cccc(Cl)c1C. The summed E-state index contributed by atoms with van der Waals surface area (Å²) in [4.78, 5) is 30.1. The normalized spacial score (nSPS) is 12.1. The lowest BCUT2D eigenvalue weighted by Gasteiger charge is -2.16. The molecule has 0 radical (unpaired) electrons. The number of halogens is 1. The van der Waals surface area contributed by atoms with Gasteiger partial charge in [-0.15, -0.1) is 0 Å². The Morgan fingerprint density at radius 2 is 2.00 bits per heavy atom. The second-order valence-electron chi connectivity index (χ2n) is 6.60. The van der Waals surface area contributed by atoms with Crippen molar-refractivity contribution in [3.8, 4) is 5.69 Å². The maximum atomic E-state index is 13.2. The van der Waals surface area contributed by atoms with Gasteiger partial charge in [-0.2, -0.15) is 0 Å². The number of hydrogen-bond acceptors (Lipinski definition) is 4. The Morgan fingerprint density at radius 1 is 1.25 bits per heavy atom. The highest BCUT2D eigenvalue weighted by molar-refractivity contribution is 7.99. The van der Waals surface area contributed by atoms with Crippen LogP contribution in [0.2, 0.25) is 5.02 Å². The number of benzene rings is 2. The Morgan fingerprint density at radius 3 is 2.75 bits per heavy atom. The fourth-order valence-corrected chi connectivity index (χ4v) is 3.79. The molecule has 1 N–H and O–H groups in total. The molecule has 5 nitrogen and oxygen atoms in total. The van der Waals surface area contributed by atoms with Crippen LogP contribution in [0.5, 0.6) is 0 Å². The van der Waals surface area contributed by atoms with Gasteiger partial charge in [-0.1, -0.05) is 48.5 Å². The van der Waals surface area contributed by atoms with Crippen molar-refractivity contribution in [3.05, 3.63) is 63.4 Å². The van der Waals surface area contributed by atoms with Gasteiger partial charge in [0.1, 0.15) is 0 Å². The Hall–Kier alpha value is -2.31. The van der Waals surface area contributed by atoms with Crippen molar-refractivity contribution in [1.82, 2.24) is 14.9 Å². The van der Waals surface area contributed by atoms with Crippen molar-refractivity contribution in [2.24, 2.45) is 0 Å². The van der Waals surface area contributed by atoms with Crippen LogP contribution in [-0.4, -0.2) is 27.3 Å². The van der Waals surface area contributed by atoms with Gasteiger partial charge in [0.15, 0.2) is 5.16 Å². The second-order valence-corrected chi connectivity index (χ2v) is 7.95. The molecule has 0 aliphatic heterocycles. The largest absolute Gasteiger partial charge is 0.353 e. The van der Waals surface area contributed by atoms with Gasteiger partial charge >= 0.3 is 0 Å². The highest BCUT2D eigenvalue weighted by atomic mass is 35.5. The zero-order valence-corrected chi connectivity index (χ0v) is 17.6. The van der Waals surface area contributed by atoms with Crippen molar-refractivity contribution < 1.29 is 4.79 Å². The summed E-state index contributed by atoms with van der Waals surface area (Å²) >= 11 is 7.52. The van der Waals surface area contributed by atoms with Crippen LogP contribution in [0.3, 0.4) is 0 Å². The zero-order chi connectivity index (χ0) is 20.3. The van der Waals surface area contributed by atoms with Crippen molar-refractivity contribution >= 4 is 40.2 Å². The number of aromatic nitrogens is 2. The molecular formula is C21H22ClN3O2S. The predicted molar refractivity (Wildman–Crippen MR) is 116 cm³/mol. The van der Waals surface area contributed by atoms with Gasteiger partial charge in [0.25, 0.3) is 5.56 Å². The molecule has 3 aromatic rings. The molecule has 0 aliphatic carbocycles. The van der Waals surface area contributed by atoms with E-state index in [0.29, 0.717) is 26.8 Å². The standard InChI is InChI=1S/C21H22ClN3O2S/c1-4-13(2)23-19(26)12-28-21-24-17-10-6-5-8-15(17)20(27)25(21)18-11-7-9-16(22)14(18)3/h5-11,13H,4,12H2,1-3H3,(H,23,26). The van der Waals surface area contributed by atoms with E-state index >= 15 is 0 Å². The van der Waals surface area contributed by atoms with Gasteiger partial charge in [-0.05, 0) is 50.1 Å². The first kappa shape index (κ1) is 20.4. The molecule has 0 aliphatic rings. The summed E-state index contributed by atoms with van der Waals surface area (Å²) in [6.07, 6.45) is 0.858. The second kappa shape index (κ2) is 8.80. The number of amides is 1. The third-order valence-corrected chi connectivity index (χ3v) is 5.93. The van der Waals surface area contributed by atoms with Gasteiger partial charge in [0.2, 0.25) is 5.91 Å². The molecule has 28 heavy (non-hydrogen) atoms. The van der Waals surface area contributed by atoms with Gasteiger partial charge in [-0.25, -0.2) is 4.98 Å². The van der Waals surface area contributed by atoms with Crippen LogP contribution in [0.4, 0.5) is 0 Å². The highest BCUT2D eigenvalue weighted by Crippen LogP contribution is 2.26. The predicted octanol–water partition coefficient (Wildman–Crippen LogP) is 4.35. The Labute approximate surface area is 173 Å². The minimum atomic E-state index is -0.180. The molecule has 1 amide bonds. The first-order valence-electron chi connectivity index (χ1n) is 9.11. The molecule has 3 rings (SSSR count). The molecule has 0 fully saturated rings. The van der Waals surface area contributed by atoms with E-state index in [1.165, 1.54) is 11.8 Å². The van der Waals surface area contributed by atoms with E-state index < -0.39 is 0 Å². The number of carbonyl (C=O) groups excluding carboxylic acids is 1. The summed E-state index contributed by atoms with van der Waals surface area (Å²) in [6.45, 7) is 5.84. The van der Waals surface area contributed by atoms with Crippen molar-refractivity contribution in [2.45, 2.75) is 38.4 Å². The number of para-hydroxylation sites is 1. The fourth-order valence-electron chi connectivity index (χ4n) is 2.81. The van der Waals surface area contributed by atoms with Crippen molar-refractivity contribution in [3.63, 3.8) is 0 Å². The molecular weight excluding hydrogens is 394 g/mol. The van der Waals surface area contributed by atoms with Gasteiger partial charge < -0.3 is 5.32 Å². The molecule has 146 valence electrons. The van der Waals surface area contributed by atoms with Crippen LogP contribution in [0.15, 0.2) is 52.4 Å². The van der Waals surface area contributed by atoms with Gasteiger partial charge in [-0.3, -0.25) is 14.2 Å². The fraction of sp³-hybridized carbons (Fsp3) is 0.286. The lowest BCUT2D eigenvalue weighted by atomic mass is 10.2. The van der Waals surface area contributed by atoms with E-state index in [0.717, 1.165) is 12.0 Å². The summed E-state index contributed by atoms with van der Waals surface area (Å²) in [5, 5.41) is 4.50. The van der Waals surface area contributed by atoms with Crippen LogP contribution >= 0.6 is 23.4 Å². The molecule has 0 bridgehead atoms. The van der Waals surface area contributed by atoms with E-state index in [2.05, 4.69) is 10.3 Å². The highest BCUT2D eigenvalue weighted by Gasteiger charge is 2.17. The van der Waals surface area contributed by atoms with E-state index in [1.54, 1.807) is 28.8 Å².